The van der Waals surface area contributed by atoms with Gasteiger partial charge >= 0.3 is 0 Å². The first-order chi connectivity index (χ1) is 12.6. The van der Waals surface area contributed by atoms with Gasteiger partial charge in [-0.05, 0) is 61.4 Å². The zero-order chi connectivity index (χ0) is 18.5. The van der Waals surface area contributed by atoms with Crippen molar-refractivity contribution in [2.75, 3.05) is 18.4 Å². The van der Waals surface area contributed by atoms with E-state index < -0.39 is 0 Å². The first-order valence-electron chi connectivity index (χ1n) is 8.42. The molecular formula is C20H18ClN3O2. The Bertz CT molecular complexity index is 833. The van der Waals surface area contributed by atoms with Gasteiger partial charge in [-0.1, -0.05) is 11.6 Å². The van der Waals surface area contributed by atoms with Gasteiger partial charge in [-0.15, -0.1) is 0 Å². The lowest BCUT2D eigenvalue weighted by Gasteiger charge is -2.31. The molecule has 2 aromatic rings. The first kappa shape index (κ1) is 18.0. The van der Waals surface area contributed by atoms with Gasteiger partial charge in [0.2, 0.25) is 5.91 Å². The van der Waals surface area contributed by atoms with Crippen molar-refractivity contribution < 1.29 is 9.59 Å². The van der Waals surface area contributed by atoms with Crippen LogP contribution in [0.2, 0.25) is 5.02 Å². The largest absolute Gasteiger partial charge is 0.339 e. The molecule has 0 unspecified atom stereocenters. The number of rotatable bonds is 3. The standard InChI is InChI=1S/C20H18ClN3O2/c21-17-5-3-16(4-6-17)20(26)24-11-9-15(10-12-24)19(25)23-18-7-1-14(13-22)2-8-18/h1-8,15H,9-12H2,(H,23,25). The van der Waals surface area contributed by atoms with Crippen LogP contribution in [0.4, 0.5) is 5.69 Å². The monoisotopic (exact) mass is 367 g/mol. The van der Waals surface area contributed by atoms with E-state index in [1.807, 2.05) is 6.07 Å². The summed E-state index contributed by atoms with van der Waals surface area (Å²) in [5.74, 6) is -0.208. The van der Waals surface area contributed by atoms with Gasteiger partial charge in [0.25, 0.3) is 5.91 Å². The van der Waals surface area contributed by atoms with E-state index in [2.05, 4.69) is 5.32 Å². The predicted octanol–water partition coefficient (Wildman–Crippen LogP) is 3.70. The number of benzene rings is 2. The molecule has 0 spiro atoms. The highest BCUT2D eigenvalue weighted by molar-refractivity contribution is 6.30. The van der Waals surface area contributed by atoms with Crippen molar-refractivity contribution >= 4 is 29.1 Å². The number of nitriles is 1. The van der Waals surface area contributed by atoms with Crippen molar-refractivity contribution in [2.24, 2.45) is 5.92 Å². The maximum absolute atomic E-state index is 12.5. The lowest BCUT2D eigenvalue weighted by molar-refractivity contribution is -0.121. The van der Waals surface area contributed by atoms with E-state index in [1.165, 1.54) is 0 Å². The highest BCUT2D eigenvalue weighted by Gasteiger charge is 2.27. The summed E-state index contributed by atoms with van der Waals surface area (Å²) in [5, 5.41) is 12.3. The average Bonchev–Trinajstić information content (AvgIpc) is 2.69. The van der Waals surface area contributed by atoms with Crippen molar-refractivity contribution in [1.82, 2.24) is 4.90 Å². The Kier molecular flexibility index (Phi) is 5.55. The maximum atomic E-state index is 12.5. The van der Waals surface area contributed by atoms with Crippen molar-refractivity contribution in [3.63, 3.8) is 0 Å². The Morgan fingerprint density at radius 2 is 1.65 bits per heavy atom. The Balaban J connectivity index is 1.54. The quantitative estimate of drug-likeness (QED) is 0.898. The summed E-state index contributed by atoms with van der Waals surface area (Å²) in [5.41, 5.74) is 1.83. The van der Waals surface area contributed by atoms with Gasteiger partial charge in [-0.2, -0.15) is 5.26 Å². The molecule has 1 saturated heterocycles. The summed E-state index contributed by atoms with van der Waals surface area (Å²) in [6.45, 7) is 1.10. The predicted molar refractivity (Wildman–Crippen MR) is 99.9 cm³/mol. The molecule has 26 heavy (non-hydrogen) atoms. The first-order valence-corrected chi connectivity index (χ1v) is 8.80. The number of nitrogens with one attached hydrogen (secondary N) is 1. The van der Waals surface area contributed by atoms with Crippen LogP contribution in [0.1, 0.15) is 28.8 Å². The van der Waals surface area contributed by atoms with E-state index in [0.29, 0.717) is 47.8 Å². The fourth-order valence-corrected chi connectivity index (χ4v) is 3.12. The van der Waals surface area contributed by atoms with E-state index in [4.69, 9.17) is 16.9 Å². The van der Waals surface area contributed by atoms with Crippen LogP contribution < -0.4 is 5.32 Å². The lowest BCUT2D eigenvalue weighted by atomic mass is 9.95. The molecule has 1 aliphatic rings. The number of piperidine rings is 1. The zero-order valence-corrected chi connectivity index (χ0v) is 14.9. The molecule has 1 aliphatic heterocycles. The molecule has 6 heteroatoms. The van der Waals surface area contributed by atoms with Crippen LogP contribution in [0.15, 0.2) is 48.5 Å². The molecule has 0 aliphatic carbocycles. The Morgan fingerprint density at radius 1 is 1.04 bits per heavy atom. The Hall–Kier alpha value is -2.84. The highest BCUT2D eigenvalue weighted by Crippen LogP contribution is 2.22. The maximum Gasteiger partial charge on any atom is 0.253 e. The summed E-state index contributed by atoms with van der Waals surface area (Å²) < 4.78 is 0. The second-order valence-electron chi connectivity index (χ2n) is 6.25. The van der Waals surface area contributed by atoms with Gasteiger partial charge in [0, 0.05) is 35.3 Å². The van der Waals surface area contributed by atoms with Gasteiger partial charge in [0.05, 0.1) is 11.6 Å². The zero-order valence-electron chi connectivity index (χ0n) is 14.1. The molecule has 0 bridgehead atoms. The third kappa shape index (κ3) is 4.22. The van der Waals surface area contributed by atoms with E-state index in [0.717, 1.165) is 0 Å². The van der Waals surface area contributed by atoms with Crippen molar-refractivity contribution in [3.8, 4) is 6.07 Å². The molecule has 132 valence electrons. The summed E-state index contributed by atoms with van der Waals surface area (Å²) in [7, 11) is 0. The van der Waals surface area contributed by atoms with Gasteiger partial charge in [-0.3, -0.25) is 9.59 Å². The molecule has 1 heterocycles. The fraction of sp³-hybridized carbons (Fsp3) is 0.250. The van der Waals surface area contributed by atoms with Crippen LogP contribution in [0.5, 0.6) is 0 Å². The lowest BCUT2D eigenvalue weighted by Crippen LogP contribution is -2.41. The number of hydrogen-bond donors (Lipinski definition) is 1. The summed E-state index contributed by atoms with van der Waals surface area (Å²) in [6.07, 6.45) is 1.25. The molecule has 5 nitrogen and oxygen atoms in total. The van der Waals surface area contributed by atoms with Crippen molar-refractivity contribution in [2.45, 2.75) is 12.8 Å². The molecule has 0 aromatic heterocycles. The number of anilines is 1. The highest BCUT2D eigenvalue weighted by atomic mass is 35.5. The van der Waals surface area contributed by atoms with Gasteiger partial charge in [0.15, 0.2) is 0 Å². The normalized spacial score (nSPS) is 14.5. The summed E-state index contributed by atoms with van der Waals surface area (Å²) in [6, 6.07) is 15.7. The Morgan fingerprint density at radius 3 is 2.23 bits per heavy atom. The molecule has 1 N–H and O–H groups in total. The smallest absolute Gasteiger partial charge is 0.253 e. The molecule has 0 saturated carbocycles. The van der Waals surface area contributed by atoms with Crippen LogP contribution in [-0.2, 0) is 4.79 Å². The van der Waals surface area contributed by atoms with Crippen LogP contribution >= 0.6 is 11.6 Å². The minimum Gasteiger partial charge on any atom is -0.339 e. The van der Waals surface area contributed by atoms with E-state index in [9.17, 15) is 9.59 Å². The molecule has 1 fully saturated rings. The van der Waals surface area contributed by atoms with Crippen LogP contribution in [-0.4, -0.2) is 29.8 Å². The second kappa shape index (κ2) is 8.03. The molecule has 3 rings (SSSR count). The summed E-state index contributed by atoms with van der Waals surface area (Å²) in [4.78, 5) is 26.7. The fourth-order valence-electron chi connectivity index (χ4n) is 2.99. The number of carbonyl (C=O) groups excluding carboxylic acids is 2. The molecule has 2 aromatic carbocycles. The minimum absolute atomic E-state index is 0.0346. The molecule has 2 amide bonds. The Labute approximate surface area is 157 Å². The van der Waals surface area contributed by atoms with E-state index >= 15 is 0 Å². The van der Waals surface area contributed by atoms with Crippen LogP contribution in [0, 0.1) is 17.2 Å². The number of halogens is 1. The molecular weight excluding hydrogens is 350 g/mol. The summed E-state index contributed by atoms with van der Waals surface area (Å²) >= 11 is 5.85. The minimum atomic E-state index is -0.125. The molecule has 0 atom stereocenters. The van der Waals surface area contributed by atoms with Crippen LogP contribution in [0.25, 0.3) is 0 Å². The van der Waals surface area contributed by atoms with Gasteiger partial charge in [0.1, 0.15) is 0 Å². The second-order valence-corrected chi connectivity index (χ2v) is 6.69. The SMILES string of the molecule is N#Cc1ccc(NC(=O)C2CCN(C(=O)c3ccc(Cl)cc3)CC2)cc1. The number of amides is 2. The van der Waals surface area contributed by atoms with E-state index in [1.54, 1.807) is 53.4 Å². The number of carbonyl (C=O) groups is 2. The van der Waals surface area contributed by atoms with Gasteiger partial charge in [-0.25, -0.2) is 0 Å². The topological polar surface area (TPSA) is 73.2 Å². The van der Waals surface area contributed by atoms with E-state index in [-0.39, 0.29) is 17.7 Å². The third-order valence-corrected chi connectivity index (χ3v) is 4.78. The van der Waals surface area contributed by atoms with Gasteiger partial charge < -0.3 is 10.2 Å². The number of nitrogens with zero attached hydrogens (tertiary/aromatic N) is 2. The van der Waals surface area contributed by atoms with Crippen molar-refractivity contribution in [1.29, 1.82) is 5.26 Å². The number of hydrogen-bond acceptors (Lipinski definition) is 3. The third-order valence-electron chi connectivity index (χ3n) is 4.53. The average molecular weight is 368 g/mol. The number of likely N-dealkylation sites (tertiary alicyclic amines) is 1. The van der Waals surface area contributed by atoms with Crippen LogP contribution in [0.3, 0.4) is 0 Å². The van der Waals surface area contributed by atoms with Crippen molar-refractivity contribution in [3.05, 3.63) is 64.7 Å². The molecule has 0 radical (unpaired) electrons.